The molecule has 1 unspecified atom stereocenters. The van der Waals surface area contributed by atoms with E-state index >= 15 is 0 Å². The van der Waals surface area contributed by atoms with Crippen molar-refractivity contribution in [1.82, 2.24) is 0 Å². The van der Waals surface area contributed by atoms with Gasteiger partial charge in [-0.2, -0.15) is 0 Å². The molecule has 0 aromatic heterocycles. The second-order valence-corrected chi connectivity index (χ2v) is 8.15. The summed E-state index contributed by atoms with van der Waals surface area (Å²) in [6, 6.07) is 18.0. The third kappa shape index (κ3) is 3.70. The van der Waals surface area contributed by atoms with Crippen LogP contribution < -0.4 is 0 Å². The molecule has 0 amide bonds. The summed E-state index contributed by atoms with van der Waals surface area (Å²) in [6.07, 6.45) is 7.60. The van der Waals surface area contributed by atoms with Gasteiger partial charge in [-0.05, 0) is 69.2 Å². The first kappa shape index (κ1) is 17.3. The van der Waals surface area contributed by atoms with Gasteiger partial charge in [0.05, 0.1) is 6.10 Å². The zero-order chi connectivity index (χ0) is 17.1. The molecule has 0 saturated carbocycles. The Morgan fingerprint density at radius 3 is 2.68 bits per heavy atom. The molecule has 0 aliphatic heterocycles. The largest absolute Gasteiger partial charge is 0.378 e. The predicted octanol–water partition coefficient (Wildman–Crippen LogP) is 6.47. The fraction of sp³-hybridized carbons (Fsp3) is 0.391. The molecular weight excluding hydrogens is 419 g/mol. The maximum absolute atomic E-state index is 6.17. The maximum atomic E-state index is 6.17. The van der Waals surface area contributed by atoms with E-state index < -0.39 is 0 Å². The molecule has 0 fully saturated rings. The molecule has 0 radical (unpaired) electrons. The molecule has 0 saturated heterocycles. The van der Waals surface area contributed by atoms with Gasteiger partial charge in [0.25, 0.3) is 0 Å². The lowest BCUT2D eigenvalue weighted by Gasteiger charge is -2.26. The lowest BCUT2D eigenvalue weighted by Crippen LogP contribution is -2.23. The Morgan fingerprint density at radius 1 is 0.880 bits per heavy atom. The minimum absolute atomic E-state index is 0.407. The van der Waals surface area contributed by atoms with E-state index in [1.807, 2.05) is 0 Å². The number of alkyl halides is 1. The fourth-order valence-corrected chi connectivity index (χ4v) is 4.64. The third-order valence-corrected chi connectivity index (χ3v) is 6.19. The summed E-state index contributed by atoms with van der Waals surface area (Å²) in [7, 11) is 0. The van der Waals surface area contributed by atoms with Crippen molar-refractivity contribution in [3.8, 4) is 0 Å². The second-order valence-electron chi connectivity index (χ2n) is 7.07. The smallest absolute Gasteiger partial charge is 0.0618 e. The maximum Gasteiger partial charge on any atom is 0.0618 e. The minimum Gasteiger partial charge on any atom is -0.378 e. The number of fused-ring (bicyclic) bond motifs is 5. The molecule has 1 aliphatic rings. The standard InChI is InChI=1S/C23H25IO/c24-14-4-1-5-15-25-19-10-13-21-18(16-19)9-12-22-20-7-3-2-6-17(20)8-11-23(21)22/h2-3,6-9,11-12,19H,1,4-5,10,13-16H2. The topological polar surface area (TPSA) is 9.23 Å². The molecule has 1 nitrogen and oxygen atoms in total. The van der Waals surface area contributed by atoms with Gasteiger partial charge in [0.1, 0.15) is 0 Å². The molecule has 0 spiro atoms. The number of benzene rings is 3. The Labute approximate surface area is 163 Å². The average molecular weight is 444 g/mol. The van der Waals surface area contributed by atoms with Crippen LogP contribution in [0.15, 0.2) is 48.5 Å². The average Bonchev–Trinajstić information content (AvgIpc) is 2.67. The molecule has 2 heteroatoms. The summed E-state index contributed by atoms with van der Waals surface area (Å²) in [4.78, 5) is 0. The van der Waals surface area contributed by atoms with Gasteiger partial charge in [0, 0.05) is 6.61 Å². The van der Waals surface area contributed by atoms with Crippen molar-refractivity contribution < 1.29 is 4.74 Å². The van der Waals surface area contributed by atoms with Crippen LogP contribution in [0, 0.1) is 0 Å². The van der Waals surface area contributed by atoms with Gasteiger partial charge >= 0.3 is 0 Å². The van der Waals surface area contributed by atoms with E-state index in [0.717, 1.165) is 25.9 Å². The molecule has 3 aromatic carbocycles. The number of ether oxygens (including phenoxy) is 1. The Hall–Kier alpha value is -1.13. The minimum atomic E-state index is 0.407. The molecule has 25 heavy (non-hydrogen) atoms. The molecular formula is C23H25IO. The van der Waals surface area contributed by atoms with Crippen LogP contribution >= 0.6 is 22.6 Å². The van der Waals surface area contributed by atoms with Crippen LogP contribution in [0.2, 0.25) is 0 Å². The zero-order valence-corrected chi connectivity index (χ0v) is 16.8. The van der Waals surface area contributed by atoms with Gasteiger partial charge in [-0.25, -0.2) is 0 Å². The summed E-state index contributed by atoms with van der Waals surface area (Å²) in [5.74, 6) is 0. The SMILES string of the molecule is ICCCCCOC1CCc2c(ccc3c2ccc2ccccc23)C1. The molecule has 130 valence electrons. The van der Waals surface area contributed by atoms with Gasteiger partial charge < -0.3 is 4.74 Å². The summed E-state index contributed by atoms with van der Waals surface area (Å²) >= 11 is 2.45. The van der Waals surface area contributed by atoms with Gasteiger partial charge in [-0.1, -0.05) is 77.5 Å². The Balaban J connectivity index is 1.54. The zero-order valence-electron chi connectivity index (χ0n) is 14.6. The normalized spacial score (nSPS) is 17.1. The van der Waals surface area contributed by atoms with E-state index in [-0.39, 0.29) is 0 Å². The van der Waals surface area contributed by atoms with Crippen LogP contribution in [0.3, 0.4) is 0 Å². The Bertz CT molecular complexity index is 870. The Morgan fingerprint density at radius 2 is 1.76 bits per heavy atom. The number of rotatable bonds is 6. The molecule has 0 heterocycles. The van der Waals surface area contributed by atoms with Crippen LogP contribution in [0.4, 0.5) is 0 Å². The number of aryl methyl sites for hydroxylation is 1. The summed E-state index contributed by atoms with van der Waals surface area (Å²) < 4.78 is 7.43. The van der Waals surface area contributed by atoms with Gasteiger partial charge in [0.15, 0.2) is 0 Å². The van der Waals surface area contributed by atoms with E-state index in [1.54, 1.807) is 5.56 Å². The number of hydrogen-bond donors (Lipinski definition) is 0. The molecule has 3 aromatic rings. The van der Waals surface area contributed by atoms with E-state index in [1.165, 1.54) is 50.8 Å². The molecule has 0 bridgehead atoms. The lowest BCUT2D eigenvalue weighted by molar-refractivity contribution is 0.0421. The molecule has 1 atom stereocenters. The first-order valence-electron chi connectivity index (χ1n) is 9.46. The highest BCUT2D eigenvalue weighted by molar-refractivity contribution is 14.1. The molecule has 4 rings (SSSR count). The Kier molecular flexibility index (Phi) is 5.57. The first-order chi connectivity index (χ1) is 12.4. The summed E-state index contributed by atoms with van der Waals surface area (Å²) in [6.45, 7) is 0.925. The van der Waals surface area contributed by atoms with E-state index in [4.69, 9.17) is 4.74 Å². The lowest BCUT2D eigenvalue weighted by atomic mass is 9.85. The van der Waals surface area contributed by atoms with Crippen molar-refractivity contribution in [2.75, 3.05) is 11.0 Å². The summed E-state index contributed by atoms with van der Waals surface area (Å²) in [5.41, 5.74) is 3.04. The van der Waals surface area contributed by atoms with Crippen molar-refractivity contribution in [3.63, 3.8) is 0 Å². The van der Waals surface area contributed by atoms with Crippen molar-refractivity contribution in [2.45, 2.75) is 44.6 Å². The van der Waals surface area contributed by atoms with E-state index in [9.17, 15) is 0 Å². The fourth-order valence-electron chi connectivity index (χ4n) is 4.10. The number of hydrogen-bond acceptors (Lipinski definition) is 1. The van der Waals surface area contributed by atoms with Crippen LogP contribution in [0.1, 0.15) is 36.8 Å². The van der Waals surface area contributed by atoms with Crippen LogP contribution in [0.25, 0.3) is 21.5 Å². The van der Waals surface area contributed by atoms with E-state index in [0.29, 0.717) is 6.10 Å². The van der Waals surface area contributed by atoms with Crippen molar-refractivity contribution >= 4 is 44.1 Å². The molecule has 0 N–H and O–H groups in total. The van der Waals surface area contributed by atoms with Crippen molar-refractivity contribution in [2.24, 2.45) is 0 Å². The van der Waals surface area contributed by atoms with Crippen molar-refractivity contribution in [3.05, 3.63) is 59.7 Å². The monoisotopic (exact) mass is 444 g/mol. The highest BCUT2D eigenvalue weighted by Gasteiger charge is 2.21. The summed E-state index contributed by atoms with van der Waals surface area (Å²) in [5, 5.41) is 5.54. The highest BCUT2D eigenvalue weighted by Crippen LogP contribution is 2.33. The third-order valence-electron chi connectivity index (χ3n) is 5.43. The van der Waals surface area contributed by atoms with Gasteiger partial charge in [-0.15, -0.1) is 0 Å². The number of unbranched alkanes of at least 4 members (excludes halogenated alkanes) is 2. The molecule has 1 aliphatic carbocycles. The van der Waals surface area contributed by atoms with Gasteiger partial charge in [0.2, 0.25) is 0 Å². The van der Waals surface area contributed by atoms with Crippen LogP contribution in [0.5, 0.6) is 0 Å². The highest BCUT2D eigenvalue weighted by atomic mass is 127. The van der Waals surface area contributed by atoms with Crippen molar-refractivity contribution in [1.29, 1.82) is 0 Å². The predicted molar refractivity (Wildman–Crippen MR) is 116 cm³/mol. The van der Waals surface area contributed by atoms with Crippen LogP contribution in [-0.4, -0.2) is 17.1 Å². The van der Waals surface area contributed by atoms with Crippen LogP contribution in [-0.2, 0) is 17.6 Å². The second kappa shape index (κ2) is 8.05. The quantitative estimate of drug-likeness (QED) is 0.183. The van der Waals surface area contributed by atoms with Gasteiger partial charge in [-0.3, -0.25) is 0 Å². The first-order valence-corrected chi connectivity index (χ1v) is 11.0. The number of halogens is 1. The van der Waals surface area contributed by atoms with E-state index in [2.05, 4.69) is 71.1 Å².